The molecule has 2 atom stereocenters. The van der Waals surface area contributed by atoms with E-state index in [1.807, 2.05) is 23.1 Å². The summed E-state index contributed by atoms with van der Waals surface area (Å²) in [7, 11) is 0. The quantitative estimate of drug-likeness (QED) is 0.808. The molecule has 0 spiro atoms. The molecule has 1 fully saturated rings. The molecule has 20 heavy (non-hydrogen) atoms. The number of hydrogen-bond donors (Lipinski definition) is 1. The average Bonchev–Trinajstić information content (AvgIpc) is 2.90. The van der Waals surface area contributed by atoms with Crippen LogP contribution in [-0.2, 0) is 11.2 Å². The first-order valence-electron chi connectivity index (χ1n) is 7.40. The van der Waals surface area contributed by atoms with Crippen molar-refractivity contribution < 1.29 is 4.79 Å². The summed E-state index contributed by atoms with van der Waals surface area (Å²) in [6, 6.07) is 10.5. The number of amides is 1. The Morgan fingerprint density at radius 2 is 2.10 bits per heavy atom. The zero-order valence-electron chi connectivity index (χ0n) is 12.0. The lowest BCUT2D eigenvalue weighted by atomic mass is 10.1. The van der Waals surface area contributed by atoms with E-state index in [0.717, 1.165) is 32.2 Å². The molecule has 3 heteroatoms. The van der Waals surface area contributed by atoms with E-state index in [1.54, 1.807) is 6.08 Å². The van der Waals surface area contributed by atoms with E-state index in [2.05, 4.69) is 18.7 Å². The number of carbonyl (C=O) groups excluding carboxylic acids is 1. The molecular formula is C17H24N2O. The van der Waals surface area contributed by atoms with Gasteiger partial charge in [-0.2, -0.15) is 0 Å². The number of nitrogens with two attached hydrogens (primary N) is 1. The van der Waals surface area contributed by atoms with Gasteiger partial charge in [0.25, 0.3) is 0 Å². The fraction of sp³-hybridized carbons (Fsp3) is 0.471. The van der Waals surface area contributed by atoms with Gasteiger partial charge in [0, 0.05) is 25.0 Å². The topological polar surface area (TPSA) is 46.3 Å². The minimum atomic E-state index is 0.112. The zero-order chi connectivity index (χ0) is 14.4. The van der Waals surface area contributed by atoms with Gasteiger partial charge < -0.3 is 10.6 Å². The first-order valence-corrected chi connectivity index (χ1v) is 7.40. The van der Waals surface area contributed by atoms with E-state index in [1.165, 1.54) is 5.56 Å². The summed E-state index contributed by atoms with van der Waals surface area (Å²) in [6.07, 6.45) is 5.42. The first-order chi connectivity index (χ1) is 9.70. The van der Waals surface area contributed by atoms with Crippen molar-refractivity contribution in [2.45, 2.75) is 31.7 Å². The molecule has 1 saturated carbocycles. The van der Waals surface area contributed by atoms with Gasteiger partial charge in [-0.05, 0) is 31.2 Å². The van der Waals surface area contributed by atoms with Crippen LogP contribution in [0.15, 0.2) is 43.0 Å². The van der Waals surface area contributed by atoms with Gasteiger partial charge in [0.2, 0.25) is 5.91 Å². The monoisotopic (exact) mass is 272 g/mol. The SMILES string of the molecule is C=CCN(CCc1ccccc1)C(=O)[C@@H]1CC[C@H](N)C1. The van der Waals surface area contributed by atoms with Crippen molar-refractivity contribution in [2.75, 3.05) is 13.1 Å². The number of rotatable bonds is 6. The molecule has 2 N–H and O–H groups in total. The number of hydrogen-bond acceptors (Lipinski definition) is 2. The number of carbonyl (C=O) groups is 1. The van der Waals surface area contributed by atoms with E-state index in [9.17, 15) is 4.79 Å². The number of benzene rings is 1. The molecule has 0 saturated heterocycles. The Balaban J connectivity index is 1.92. The second kappa shape index (κ2) is 7.25. The lowest BCUT2D eigenvalue weighted by molar-refractivity contribution is -0.134. The largest absolute Gasteiger partial charge is 0.338 e. The molecule has 0 bridgehead atoms. The fourth-order valence-corrected chi connectivity index (χ4v) is 2.85. The Hall–Kier alpha value is -1.61. The van der Waals surface area contributed by atoms with E-state index in [4.69, 9.17) is 5.73 Å². The Morgan fingerprint density at radius 1 is 1.35 bits per heavy atom. The highest BCUT2D eigenvalue weighted by atomic mass is 16.2. The zero-order valence-corrected chi connectivity index (χ0v) is 12.0. The molecule has 1 aromatic carbocycles. The van der Waals surface area contributed by atoms with E-state index < -0.39 is 0 Å². The molecule has 108 valence electrons. The molecule has 1 aromatic rings. The summed E-state index contributed by atoms with van der Waals surface area (Å²) < 4.78 is 0. The fourth-order valence-electron chi connectivity index (χ4n) is 2.85. The smallest absolute Gasteiger partial charge is 0.226 e. The standard InChI is InChI=1S/C17H24N2O/c1-2-11-19(12-10-14-6-4-3-5-7-14)17(20)15-8-9-16(18)13-15/h2-7,15-16H,1,8-13,18H2/t15-,16+/m1/s1. The Labute approximate surface area is 121 Å². The second-order valence-electron chi connectivity index (χ2n) is 5.58. The van der Waals surface area contributed by atoms with Gasteiger partial charge in [-0.25, -0.2) is 0 Å². The van der Waals surface area contributed by atoms with Crippen LogP contribution in [-0.4, -0.2) is 29.9 Å². The van der Waals surface area contributed by atoms with Crippen molar-refractivity contribution in [3.63, 3.8) is 0 Å². The van der Waals surface area contributed by atoms with Crippen molar-refractivity contribution in [2.24, 2.45) is 11.7 Å². The second-order valence-corrected chi connectivity index (χ2v) is 5.58. The molecule has 1 aliphatic rings. The van der Waals surface area contributed by atoms with Crippen LogP contribution >= 0.6 is 0 Å². The summed E-state index contributed by atoms with van der Waals surface area (Å²) in [6.45, 7) is 5.13. The minimum Gasteiger partial charge on any atom is -0.338 e. The Bertz CT molecular complexity index is 444. The van der Waals surface area contributed by atoms with Crippen LogP contribution in [0.4, 0.5) is 0 Å². The summed E-state index contributed by atoms with van der Waals surface area (Å²) in [4.78, 5) is 14.4. The van der Waals surface area contributed by atoms with Crippen molar-refractivity contribution >= 4 is 5.91 Å². The maximum atomic E-state index is 12.5. The van der Waals surface area contributed by atoms with Crippen molar-refractivity contribution in [1.29, 1.82) is 0 Å². The summed E-state index contributed by atoms with van der Waals surface area (Å²) >= 11 is 0. The van der Waals surface area contributed by atoms with E-state index in [-0.39, 0.29) is 17.9 Å². The van der Waals surface area contributed by atoms with E-state index in [0.29, 0.717) is 6.54 Å². The lowest BCUT2D eigenvalue weighted by Gasteiger charge is -2.24. The van der Waals surface area contributed by atoms with Crippen molar-refractivity contribution in [1.82, 2.24) is 4.90 Å². The normalized spacial score (nSPS) is 21.6. The van der Waals surface area contributed by atoms with E-state index >= 15 is 0 Å². The molecule has 0 unspecified atom stereocenters. The summed E-state index contributed by atoms with van der Waals surface area (Å²) in [5.74, 6) is 0.356. The molecule has 3 nitrogen and oxygen atoms in total. The molecule has 1 aliphatic carbocycles. The molecule has 0 aromatic heterocycles. The van der Waals surface area contributed by atoms with Gasteiger partial charge >= 0.3 is 0 Å². The predicted octanol–water partition coefficient (Wildman–Crippen LogP) is 2.37. The van der Waals surface area contributed by atoms with Gasteiger partial charge in [-0.15, -0.1) is 6.58 Å². The third kappa shape index (κ3) is 3.94. The predicted molar refractivity (Wildman–Crippen MR) is 82.2 cm³/mol. The molecule has 1 amide bonds. The maximum absolute atomic E-state index is 12.5. The minimum absolute atomic E-state index is 0.112. The van der Waals surface area contributed by atoms with Crippen molar-refractivity contribution in [3.05, 3.63) is 48.6 Å². The molecule has 0 radical (unpaired) electrons. The van der Waals surface area contributed by atoms with Gasteiger partial charge in [-0.3, -0.25) is 4.79 Å². The van der Waals surface area contributed by atoms with Gasteiger partial charge in [0.1, 0.15) is 0 Å². The third-order valence-corrected chi connectivity index (χ3v) is 4.00. The lowest BCUT2D eigenvalue weighted by Crippen LogP contribution is -2.37. The van der Waals surface area contributed by atoms with Crippen LogP contribution in [0.2, 0.25) is 0 Å². The van der Waals surface area contributed by atoms with Crippen molar-refractivity contribution in [3.8, 4) is 0 Å². The first kappa shape index (κ1) is 14.8. The van der Waals surface area contributed by atoms with Gasteiger partial charge in [-0.1, -0.05) is 36.4 Å². The van der Waals surface area contributed by atoms with Crippen LogP contribution in [0, 0.1) is 5.92 Å². The van der Waals surface area contributed by atoms with Gasteiger partial charge in [0.15, 0.2) is 0 Å². The molecular weight excluding hydrogens is 248 g/mol. The molecule has 2 rings (SSSR count). The highest BCUT2D eigenvalue weighted by molar-refractivity contribution is 5.79. The van der Waals surface area contributed by atoms with Crippen LogP contribution in [0.25, 0.3) is 0 Å². The Kier molecular flexibility index (Phi) is 5.36. The highest BCUT2D eigenvalue weighted by Crippen LogP contribution is 2.26. The van der Waals surface area contributed by atoms with Crippen LogP contribution in [0.1, 0.15) is 24.8 Å². The van der Waals surface area contributed by atoms with Gasteiger partial charge in [0.05, 0.1) is 0 Å². The summed E-state index contributed by atoms with van der Waals surface area (Å²) in [5.41, 5.74) is 7.17. The van der Waals surface area contributed by atoms with Crippen LogP contribution in [0.3, 0.4) is 0 Å². The summed E-state index contributed by atoms with van der Waals surface area (Å²) in [5, 5.41) is 0. The molecule has 0 aliphatic heterocycles. The van der Waals surface area contributed by atoms with Crippen LogP contribution in [0.5, 0.6) is 0 Å². The molecule has 0 heterocycles. The average molecular weight is 272 g/mol. The Morgan fingerprint density at radius 3 is 2.70 bits per heavy atom. The maximum Gasteiger partial charge on any atom is 0.226 e. The van der Waals surface area contributed by atoms with Crippen LogP contribution < -0.4 is 5.73 Å². The third-order valence-electron chi connectivity index (χ3n) is 4.00. The highest BCUT2D eigenvalue weighted by Gasteiger charge is 2.30. The number of nitrogens with zero attached hydrogens (tertiary/aromatic N) is 1.